The van der Waals surface area contributed by atoms with Crippen LogP contribution in [0.15, 0.2) is 53.2 Å². The number of carbonyl (C=O) groups is 1. The standard InChI is InChI=1S/C19H18N2O2S2/c1-2-11-23-15-7-5-14(6-8-15)17-13-25-19(20-17)21-18(22)10-9-16-4-3-12-24-16/h3-10,12-13H,2,11H2,1H3,(H,20,21,22)/b10-9+. The van der Waals surface area contributed by atoms with E-state index in [1.54, 1.807) is 17.4 Å². The molecule has 2 aromatic heterocycles. The third kappa shape index (κ3) is 5.01. The molecule has 1 N–H and O–H groups in total. The number of nitrogens with one attached hydrogen (secondary N) is 1. The molecule has 2 heterocycles. The molecule has 3 rings (SSSR count). The predicted octanol–water partition coefficient (Wildman–Crippen LogP) is 5.31. The third-order valence-electron chi connectivity index (χ3n) is 3.30. The van der Waals surface area contributed by atoms with E-state index >= 15 is 0 Å². The Kier molecular flexibility index (Phi) is 5.98. The van der Waals surface area contributed by atoms with Crippen LogP contribution >= 0.6 is 22.7 Å². The lowest BCUT2D eigenvalue weighted by atomic mass is 10.2. The van der Waals surface area contributed by atoms with Crippen LogP contribution in [0.1, 0.15) is 18.2 Å². The number of ether oxygens (including phenoxy) is 1. The predicted molar refractivity (Wildman–Crippen MR) is 105 cm³/mol. The van der Waals surface area contributed by atoms with Gasteiger partial charge in [-0.2, -0.15) is 0 Å². The molecule has 0 aliphatic heterocycles. The fraction of sp³-hybridized carbons (Fsp3) is 0.158. The fourth-order valence-electron chi connectivity index (χ4n) is 2.10. The Balaban J connectivity index is 1.61. The fourth-order valence-corrected chi connectivity index (χ4v) is 3.44. The monoisotopic (exact) mass is 370 g/mol. The number of hydrogen-bond acceptors (Lipinski definition) is 5. The minimum Gasteiger partial charge on any atom is -0.494 e. The Bertz CT molecular complexity index is 837. The second-order valence-corrected chi connectivity index (χ2v) is 7.09. The molecule has 0 saturated carbocycles. The summed E-state index contributed by atoms with van der Waals surface area (Å²) in [5, 5.41) is 7.29. The highest BCUT2D eigenvalue weighted by molar-refractivity contribution is 7.14. The van der Waals surface area contributed by atoms with E-state index in [9.17, 15) is 4.79 Å². The molecule has 1 aromatic carbocycles. The van der Waals surface area contributed by atoms with Crippen molar-refractivity contribution in [2.24, 2.45) is 0 Å². The maximum atomic E-state index is 12.0. The van der Waals surface area contributed by atoms with Crippen molar-refractivity contribution in [2.75, 3.05) is 11.9 Å². The number of thiazole rings is 1. The average molecular weight is 370 g/mol. The number of amides is 1. The van der Waals surface area contributed by atoms with E-state index in [-0.39, 0.29) is 5.91 Å². The van der Waals surface area contributed by atoms with Gasteiger partial charge in [0.15, 0.2) is 5.13 Å². The number of rotatable bonds is 7. The van der Waals surface area contributed by atoms with Crippen molar-refractivity contribution < 1.29 is 9.53 Å². The molecule has 0 aliphatic rings. The van der Waals surface area contributed by atoms with Crippen molar-refractivity contribution in [1.82, 2.24) is 4.98 Å². The maximum Gasteiger partial charge on any atom is 0.250 e. The highest BCUT2D eigenvalue weighted by atomic mass is 32.1. The van der Waals surface area contributed by atoms with E-state index in [1.165, 1.54) is 17.4 Å². The van der Waals surface area contributed by atoms with Crippen molar-refractivity contribution in [3.05, 3.63) is 58.1 Å². The Hall–Kier alpha value is -2.44. The molecule has 128 valence electrons. The molecule has 0 spiro atoms. The molecule has 0 unspecified atom stereocenters. The molecule has 4 nitrogen and oxygen atoms in total. The summed E-state index contributed by atoms with van der Waals surface area (Å²) in [4.78, 5) is 17.5. The van der Waals surface area contributed by atoms with Crippen molar-refractivity contribution in [1.29, 1.82) is 0 Å². The summed E-state index contributed by atoms with van der Waals surface area (Å²) in [6.07, 6.45) is 4.30. The van der Waals surface area contributed by atoms with E-state index in [0.717, 1.165) is 28.3 Å². The number of anilines is 1. The van der Waals surface area contributed by atoms with Crippen molar-refractivity contribution in [2.45, 2.75) is 13.3 Å². The lowest BCUT2D eigenvalue weighted by molar-refractivity contribution is -0.111. The van der Waals surface area contributed by atoms with Crippen LogP contribution in [0.5, 0.6) is 5.75 Å². The first-order chi connectivity index (χ1) is 12.2. The minimum atomic E-state index is -0.183. The van der Waals surface area contributed by atoms with Gasteiger partial charge in [-0.25, -0.2) is 4.98 Å². The molecule has 0 saturated heterocycles. The minimum absolute atomic E-state index is 0.183. The average Bonchev–Trinajstić information content (AvgIpc) is 3.30. The topological polar surface area (TPSA) is 51.2 Å². The van der Waals surface area contributed by atoms with Gasteiger partial charge in [0.1, 0.15) is 5.75 Å². The zero-order chi connectivity index (χ0) is 17.5. The van der Waals surface area contributed by atoms with E-state index in [1.807, 2.05) is 47.2 Å². The molecule has 0 radical (unpaired) electrons. The van der Waals surface area contributed by atoms with E-state index in [2.05, 4.69) is 17.2 Å². The Morgan fingerprint density at radius 2 is 2.08 bits per heavy atom. The Labute approximate surface area is 154 Å². The zero-order valence-corrected chi connectivity index (χ0v) is 15.4. The molecule has 6 heteroatoms. The van der Waals surface area contributed by atoms with Gasteiger partial charge >= 0.3 is 0 Å². The number of nitrogens with zero attached hydrogens (tertiary/aromatic N) is 1. The molecule has 0 bridgehead atoms. The summed E-state index contributed by atoms with van der Waals surface area (Å²) in [5.74, 6) is 0.672. The number of aromatic nitrogens is 1. The highest BCUT2D eigenvalue weighted by Gasteiger charge is 2.07. The summed E-state index contributed by atoms with van der Waals surface area (Å²) in [6, 6.07) is 11.7. The van der Waals surface area contributed by atoms with Gasteiger partial charge in [-0.15, -0.1) is 22.7 Å². The summed E-state index contributed by atoms with van der Waals surface area (Å²) < 4.78 is 5.58. The van der Waals surface area contributed by atoms with Crippen LogP contribution in [0.2, 0.25) is 0 Å². The second kappa shape index (κ2) is 8.60. The van der Waals surface area contributed by atoms with Gasteiger partial charge in [0, 0.05) is 21.9 Å². The van der Waals surface area contributed by atoms with Crippen LogP contribution in [0.3, 0.4) is 0 Å². The first-order valence-electron chi connectivity index (χ1n) is 7.96. The lowest BCUT2D eigenvalue weighted by Gasteiger charge is -2.04. The summed E-state index contributed by atoms with van der Waals surface area (Å²) in [6.45, 7) is 2.79. The van der Waals surface area contributed by atoms with Crippen molar-refractivity contribution in [3.63, 3.8) is 0 Å². The zero-order valence-electron chi connectivity index (χ0n) is 13.8. The summed E-state index contributed by atoms with van der Waals surface area (Å²) in [7, 11) is 0. The van der Waals surface area contributed by atoms with Crippen LogP contribution < -0.4 is 10.1 Å². The molecule has 25 heavy (non-hydrogen) atoms. The van der Waals surface area contributed by atoms with E-state index < -0.39 is 0 Å². The van der Waals surface area contributed by atoms with E-state index in [4.69, 9.17) is 4.74 Å². The number of thiophene rings is 1. The normalized spacial score (nSPS) is 10.9. The van der Waals surface area contributed by atoms with Crippen molar-refractivity contribution in [3.8, 4) is 17.0 Å². The van der Waals surface area contributed by atoms with Crippen LogP contribution in [0.4, 0.5) is 5.13 Å². The Morgan fingerprint density at radius 1 is 1.24 bits per heavy atom. The van der Waals surface area contributed by atoms with Gasteiger partial charge in [0.05, 0.1) is 12.3 Å². The van der Waals surface area contributed by atoms with Crippen LogP contribution in [0, 0.1) is 0 Å². The summed E-state index contributed by atoms with van der Waals surface area (Å²) in [5.41, 5.74) is 1.83. The number of hydrogen-bond donors (Lipinski definition) is 1. The second-order valence-electron chi connectivity index (χ2n) is 5.25. The van der Waals surface area contributed by atoms with Crippen LogP contribution in [-0.4, -0.2) is 17.5 Å². The van der Waals surface area contributed by atoms with E-state index in [0.29, 0.717) is 11.7 Å². The molecule has 0 aliphatic carbocycles. The summed E-state index contributed by atoms with van der Waals surface area (Å²) >= 11 is 3.00. The lowest BCUT2D eigenvalue weighted by Crippen LogP contribution is -2.07. The van der Waals surface area contributed by atoms with Crippen molar-refractivity contribution >= 4 is 39.8 Å². The van der Waals surface area contributed by atoms with Crippen LogP contribution in [0.25, 0.3) is 17.3 Å². The number of carbonyl (C=O) groups excluding carboxylic acids is 1. The van der Waals surface area contributed by atoms with Gasteiger partial charge < -0.3 is 4.74 Å². The molecular weight excluding hydrogens is 352 g/mol. The molecular formula is C19H18N2O2S2. The van der Waals surface area contributed by atoms with Gasteiger partial charge in [-0.1, -0.05) is 13.0 Å². The molecule has 0 fully saturated rings. The molecule has 3 aromatic rings. The largest absolute Gasteiger partial charge is 0.494 e. The SMILES string of the molecule is CCCOc1ccc(-c2csc(NC(=O)/C=C/c3cccs3)n2)cc1. The first-order valence-corrected chi connectivity index (χ1v) is 9.72. The molecule has 0 atom stereocenters. The smallest absolute Gasteiger partial charge is 0.250 e. The quantitative estimate of drug-likeness (QED) is 0.573. The highest BCUT2D eigenvalue weighted by Crippen LogP contribution is 2.26. The van der Waals surface area contributed by atoms with Gasteiger partial charge in [-0.3, -0.25) is 10.1 Å². The number of benzene rings is 1. The maximum absolute atomic E-state index is 12.0. The van der Waals surface area contributed by atoms with Gasteiger partial charge in [-0.05, 0) is 48.2 Å². The Morgan fingerprint density at radius 3 is 2.80 bits per heavy atom. The third-order valence-corrected chi connectivity index (χ3v) is 4.89. The first kappa shape index (κ1) is 17.4. The van der Waals surface area contributed by atoms with Gasteiger partial charge in [0.25, 0.3) is 0 Å². The van der Waals surface area contributed by atoms with Gasteiger partial charge in [0.2, 0.25) is 5.91 Å². The molecule has 1 amide bonds. The van der Waals surface area contributed by atoms with Crippen LogP contribution in [-0.2, 0) is 4.79 Å².